The molecule has 9 heteroatoms. The number of hydrogen-bond acceptors (Lipinski definition) is 8. The summed E-state index contributed by atoms with van der Waals surface area (Å²) in [6.07, 6.45) is 3.43. The number of carbonyl (C=O) groups excluding carboxylic acids is 2. The highest BCUT2D eigenvalue weighted by Crippen LogP contribution is 2.40. The average molecular weight is 510 g/mol. The minimum atomic E-state index is -1.72. The van der Waals surface area contributed by atoms with Crippen LogP contribution >= 0.6 is 11.3 Å². The Morgan fingerprint density at radius 3 is 2.63 bits per heavy atom. The second-order valence-electron chi connectivity index (χ2n) is 7.45. The van der Waals surface area contributed by atoms with Crippen LogP contribution in [0.15, 0.2) is 76.8 Å². The van der Waals surface area contributed by atoms with Crippen LogP contribution in [0, 0.1) is 0 Å². The number of aromatic nitrogens is 1. The van der Waals surface area contributed by atoms with Gasteiger partial charge in [-0.15, -0.1) is 11.3 Å². The molecule has 0 aliphatic heterocycles. The van der Waals surface area contributed by atoms with Crippen molar-refractivity contribution in [3.05, 3.63) is 83.0 Å². The van der Waals surface area contributed by atoms with Gasteiger partial charge in [-0.25, -0.2) is 4.79 Å². The van der Waals surface area contributed by atoms with Gasteiger partial charge in [-0.2, -0.15) is 0 Å². The number of hydrogen-bond donors (Lipinski definition) is 0. The third-order valence-corrected chi connectivity index (χ3v) is 7.85. The molecule has 0 aliphatic carbocycles. The Morgan fingerprint density at radius 1 is 1.06 bits per heavy atom. The molecule has 35 heavy (non-hydrogen) atoms. The van der Waals surface area contributed by atoms with E-state index >= 15 is 0 Å². The summed E-state index contributed by atoms with van der Waals surface area (Å²) in [4.78, 5) is 29.3. The van der Waals surface area contributed by atoms with Crippen LogP contribution in [0.25, 0.3) is 10.1 Å². The van der Waals surface area contributed by atoms with Crippen LogP contribution in [0.2, 0.25) is 0 Å². The largest absolute Gasteiger partial charge is 0.606 e. The fourth-order valence-corrected chi connectivity index (χ4v) is 6.25. The monoisotopic (exact) mass is 509 g/mol. The standard InChI is InChI=1S/C26H23NO6S2/c1-3-31-26(29)24-25(35(30)23-9-5-4-8-19(23)16-32-17(2)28)21-11-10-20(13-22(21)34-24)33-15-18-7-6-12-27-14-18/h4-14H,3,15-16H2,1-2H3. The lowest BCUT2D eigenvalue weighted by Gasteiger charge is -2.14. The van der Waals surface area contributed by atoms with Gasteiger partial charge in [-0.3, -0.25) is 9.78 Å². The summed E-state index contributed by atoms with van der Waals surface area (Å²) in [6.45, 7) is 3.57. The van der Waals surface area contributed by atoms with E-state index in [4.69, 9.17) is 14.2 Å². The van der Waals surface area contributed by atoms with Gasteiger partial charge in [-0.05, 0) is 37.3 Å². The molecule has 0 saturated carbocycles. The lowest BCUT2D eigenvalue weighted by Crippen LogP contribution is -2.12. The van der Waals surface area contributed by atoms with Crippen molar-refractivity contribution in [2.75, 3.05) is 6.61 Å². The fraction of sp³-hybridized carbons (Fsp3) is 0.192. The quantitative estimate of drug-likeness (QED) is 0.224. The zero-order valence-electron chi connectivity index (χ0n) is 19.2. The van der Waals surface area contributed by atoms with Crippen molar-refractivity contribution in [3.63, 3.8) is 0 Å². The van der Waals surface area contributed by atoms with Crippen molar-refractivity contribution in [2.45, 2.75) is 36.9 Å². The molecule has 0 fully saturated rings. The molecule has 1 unspecified atom stereocenters. The van der Waals surface area contributed by atoms with E-state index in [2.05, 4.69) is 4.98 Å². The molecule has 2 aromatic heterocycles. The number of fused-ring (bicyclic) bond motifs is 1. The molecule has 4 rings (SSSR count). The van der Waals surface area contributed by atoms with E-state index in [1.165, 1.54) is 18.3 Å². The number of thiophene rings is 1. The van der Waals surface area contributed by atoms with Gasteiger partial charge in [0.1, 0.15) is 19.0 Å². The fourth-order valence-electron chi connectivity index (χ4n) is 3.40. The predicted octanol–water partition coefficient (Wildman–Crippen LogP) is 5.28. The van der Waals surface area contributed by atoms with E-state index in [0.29, 0.717) is 33.1 Å². The van der Waals surface area contributed by atoms with E-state index < -0.39 is 23.1 Å². The summed E-state index contributed by atoms with van der Waals surface area (Å²) in [5.41, 5.74) is 1.53. The molecule has 0 spiro atoms. The number of carbonyl (C=O) groups is 2. The number of benzene rings is 2. The topological polar surface area (TPSA) is 97.8 Å². The van der Waals surface area contributed by atoms with Crippen LogP contribution in [-0.4, -0.2) is 28.1 Å². The first kappa shape index (κ1) is 24.7. The molecular formula is C26H23NO6S2. The van der Waals surface area contributed by atoms with Crippen LogP contribution < -0.4 is 4.74 Å². The first-order valence-corrected chi connectivity index (χ1v) is 12.8. The van der Waals surface area contributed by atoms with Crippen molar-refractivity contribution in [1.29, 1.82) is 0 Å². The van der Waals surface area contributed by atoms with Gasteiger partial charge in [0.25, 0.3) is 0 Å². The Bertz CT molecular complexity index is 1340. The SMILES string of the molecule is CCOC(=O)c1sc2cc(OCc3cccnc3)ccc2c1[S+]([O-])c1ccccc1COC(C)=O. The molecular weight excluding hydrogens is 486 g/mol. The van der Waals surface area contributed by atoms with Crippen LogP contribution in [0.1, 0.15) is 34.6 Å². The second kappa shape index (κ2) is 11.4. The first-order chi connectivity index (χ1) is 17.0. The maximum atomic E-state index is 13.8. The highest BCUT2D eigenvalue weighted by atomic mass is 32.2. The molecule has 0 saturated heterocycles. The Balaban J connectivity index is 1.72. The Hall–Kier alpha value is -3.40. The van der Waals surface area contributed by atoms with Crippen LogP contribution in [0.4, 0.5) is 0 Å². The molecule has 2 heterocycles. The highest BCUT2D eigenvalue weighted by Gasteiger charge is 2.32. The Morgan fingerprint density at radius 2 is 1.89 bits per heavy atom. The van der Waals surface area contributed by atoms with Gasteiger partial charge < -0.3 is 18.8 Å². The highest BCUT2D eigenvalue weighted by molar-refractivity contribution is 7.92. The van der Waals surface area contributed by atoms with E-state index in [0.717, 1.165) is 10.3 Å². The molecule has 0 aliphatic rings. The van der Waals surface area contributed by atoms with Crippen molar-refractivity contribution in [2.24, 2.45) is 0 Å². The summed E-state index contributed by atoms with van der Waals surface area (Å²) in [6, 6.07) is 16.2. The average Bonchev–Trinajstić information content (AvgIpc) is 3.25. The van der Waals surface area contributed by atoms with E-state index in [-0.39, 0.29) is 18.1 Å². The van der Waals surface area contributed by atoms with Crippen LogP contribution in [-0.2, 0) is 38.7 Å². The third-order valence-electron chi connectivity index (χ3n) is 4.99. The smallest absolute Gasteiger partial charge is 0.353 e. The molecule has 2 aromatic carbocycles. The molecule has 0 amide bonds. The number of pyridine rings is 1. The number of esters is 2. The molecule has 0 bridgehead atoms. The van der Waals surface area contributed by atoms with Crippen molar-refractivity contribution < 1.29 is 28.4 Å². The predicted molar refractivity (Wildman–Crippen MR) is 133 cm³/mol. The van der Waals surface area contributed by atoms with Crippen molar-refractivity contribution in [3.8, 4) is 5.75 Å². The molecule has 180 valence electrons. The lowest BCUT2D eigenvalue weighted by atomic mass is 10.2. The van der Waals surface area contributed by atoms with Crippen molar-refractivity contribution >= 4 is 44.5 Å². The maximum absolute atomic E-state index is 13.8. The van der Waals surface area contributed by atoms with Gasteiger partial charge in [0.05, 0.1) is 6.61 Å². The summed E-state index contributed by atoms with van der Waals surface area (Å²) in [7, 11) is 0. The maximum Gasteiger partial charge on any atom is 0.353 e. The van der Waals surface area contributed by atoms with Crippen molar-refractivity contribution in [1.82, 2.24) is 4.98 Å². The summed E-state index contributed by atoms with van der Waals surface area (Å²) >= 11 is -0.513. The summed E-state index contributed by atoms with van der Waals surface area (Å²) in [5, 5.41) is 0.674. The Kier molecular flexibility index (Phi) is 8.02. The molecule has 0 radical (unpaired) electrons. The third kappa shape index (κ3) is 5.82. The van der Waals surface area contributed by atoms with Crippen LogP contribution in [0.5, 0.6) is 5.75 Å². The minimum Gasteiger partial charge on any atom is -0.606 e. The zero-order chi connectivity index (χ0) is 24.8. The second-order valence-corrected chi connectivity index (χ2v) is 9.88. The van der Waals surface area contributed by atoms with E-state index in [9.17, 15) is 14.1 Å². The molecule has 4 aromatic rings. The lowest BCUT2D eigenvalue weighted by molar-refractivity contribution is -0.142. The number of rotatable bonds is 9. The number of nitrogens with zero attached hydrogens (tertiary/aromatic N) is 1. The van der Waals surface area contributed by atoms with Gasteiger partial charge >= 0.3 is 11.9 Å². The van der Waals surface area contributed by atoms with Gasteiger partial charge in [0.2, 0.25) is 0 Å². The first-order valence-electron chi connectivity index (χ1n) is 10.9. The summed E-state index contributed by atoms with van der Waals surface area (Å²) < 4.78 is 30.9. The molecule has 0 N–H and O–H groups in total. The van der Waals surface area contributed by atoms with Gasteiger partial charge in [-0.1, -0.05) is 24.3 Å². The van der Waals surface area contributed by atoms with E-state index in [1.54, 1.807) is 55.7 Å². The molecule has 1 atom stereocenters. The van der Waals surface area contributed by atoms with Gasteiger partial charge in [0.15, 0.2) is 14.7 Å². The summed E-state index contributed by atoms with van der Waals surface area (Å²) in [5.74, 6) is -0.351. The minimum absolute atomic E-state index is 0.0135. The van der Waals surface area contributed by atoms with Gasteiger partial charge in [0, 0.05) is 51.7 Å². The number of ether oxygens (including phenoxy) is 3. The van der Waals surface area contributed by atoms with E-state index in [1.807, 2.05) is 18.2 Å². The van der Waals surface area contributed by atoms with Crippen LogP contribution in [0.3, 0.4) is 0 Å². The zero-order valence-corrected chi connectivity index (χ0v) is 20.8. The Labute approximate surface area is 209 Å². The normalized spacial score (nSPS) is 11.7. The molecule has 7 nitrogen and oxygen atoms in total.